The summed E-state index contributed by atoms with van der Waals surface area (Å²) in [6, 6.07) is 15.6. The van der Waals surface area contributed by atoms with E-state index >= 15 is 0 Å². The molecule has 6 nitrogen and oxygen atoms in total. The van der Waals surface area contributed by atoms with Gasteiger partial charge < -0.3 is 0 Å². The number of nitrogens with one attached hydrogen (secondary N) is 2. The molecule has 2 N–H and O–H groups in total. The fraction of sp³-hybridized carbons (Fsp3) is 0.176. The highest BCUT2D eigenvalue weighted by atomic mass is 32.2. The van der Waals surface area contributed by atoms with E-state index in [1.54, 1.807) is 25.1 Å². The molecule has 0 unspecified atom stereocenters. The van der Waals surface area contributed by atoms with E-state index in [9.17, 15) is 13.2 Å². The van der Waals surface area contributed by atoms with Crippen molar-refractivity contribution in [3.8, 4) is 0 Å². The molecule has 0 bridgehead atoms. The zero-order chi connectivity index (χ0) is 17.6. The maximum Gasteiger partial charge on any atom is 0.255 e. The third-order valence-corrected chi connectivity index (χ3v) is 4.71. The molecule has 24 heavy (non-hydrogen) atoms. The van der Waals surface area contributed by atoms with Crippen LogP contribution in [0.25, 0.3) is 0 Å². The first-order valence-corrected chi connectivity index (χ1v) is 8.82. The summed E-state index contributed by atoms with van der Waals surface area (Å²) in [5.41, 5.74) is 4.99. The highest BCUT2D eigenvalue weighted by Crippen LogP contribution is 2.06. The van der Waals surface area contributed by atoms with Gasteiger partial charge in [0.05, 0.1) is 17.2 Å². The van der Waals surface area contributed by atoms with Crippen molar-refractivity contribution >= 4 is 21.6 Å². The molecule has 0 aliphatic rings. The van der Waals surface area contributed by atoms with Gasteiger partial charge in [-0.15, -0.1) is 0 Å². The predicted octanol–water partition coefficient (Wildman–Crippen LogP) is 1.81. The molecule has 1 amide bonds. The highest BCUT2D eigenvalue weighted by Gasteiger charge is 2.14. The van der Waals surface area contributed by atoms with Crippen LogP contribution < -0.4 is 10.1 Å². The summed E-state index contributed by atoms with van der Waals surface area (Å²) in [5.74, 6) is -0.541. The Hall–Kier alpha value is -2.51. The summed E-state index contributed by atoms with van der Waals surface area (Å²) in [6.45, 7) is 3.36. The van der Waals surface area contributed by atoms with E-state index in [0.29, 0.717) is 5.71 Å². The number of hydrogen-bond donors (Lipinski definition) is 2. The standard InChI is InChI=1S/C17H19N3O3S/c1-13-8-10-15(11-9-13)14(2)19-20-17(21)12-18-24(22,23)16-6-4-3-5-7-16/h3-11,18H,12H2,1-2H3,(H,20,21)/b19-14+. The van der Waals surface area contributed by atoms with Gasteiger partial charge in [0.15, 0.2) is 0 Å². The lowest BCUT2D eigenvalue weighted by Crippen LogP contribution is -2.35. The first kappa shape index (κ1) is 17.8. The van der Waals surface area contributed by atoms with Crippen LogP contribution in [0.5, 0.6) is 0 Å². The molecule has 0 heterocycles. The Bertz CT molecular complexity index is 829. The van der Waals surface area contributed by atoms with E-state index in [2.05, 4.69) is 15.2 Å². The van der Waals surface area contributed by atoms with Crippen LogP contribution in [0.15, 0.2) is 64.6 Å². The molecule has 2 aromatic carbocycles. The van der Waals surface area contributed by atoms with Crippen LogP contribution in [0, 0.1) is 6.92 Å². The van der Waals surface area contributed by atoms with Gasteiger partial charge in [0.25, 0.3) is 5.91 Å². The Kier molecular flexibility index (Phi) is 5.83. The van der Waals surface area contributed by atoms with Crippen LogP contribution in [0.3, 0.4) is 0 Å². The molecule has 0 saturated heterocycles. The Morgan fingerprint density at radius 3 is 2.29 bits per heavy atom. The normalized spacial score (nSPS) is 12.0. The first-order chi connectivity index (χ1) is 11.4. The molecular weight excluding hydrogens is 326 g/mol. The van der Waals surface area contributed by atoms with Gasteiger partial charge in [-0.05, 0) is 31.5 Å². The smallest absolute Gasteiger partial charge is 0.255 e. The molecule has 0 atom stereocenters. The second-order valence-corrected chi connectivity index (χ2v) is 7.00. The number of amides is 1. The van der Waals surface area contributed by atoms with Crippen LogP contribution in [-0.4, -0.2) is 26.6 Å². The molecule has 0 aliphatic heterocycles. The minimum Gasteiger partial charge on any atom is -0.272 e. The van der Waals surface area contributed by atoms with Gasteiger partial charge >= 0.3 is 0 Å². The van der Waals surface area contributed by atoms with Crippen molar-refractivity contribution in [2.24, 2.45) is 5.10 Å². The quantitative estimate of drug-likeness (QED) is 0.618. The SMILES string of the molecule is C/C(=N\NC(=O)CNS(=O)(=O)c1ccccc1)c1ccc(C)cc1. The summed E-state index contributed by atoms with van der Waals surface area (Å²) in [6.07, 6.45) is 0. The van der Waals surface area contributed by atoms with Crippen LogP contribution in [-0.2, 0) is 14.8 Å². The number of hydrazone groups is 1. The van der Waals surface area contributed by atoms with Crippen LogP contribution in [0.4, 0.5) is 0 Å². The zero-order valence-corrected chi connectivity index (χ0v) is 14.3. The van der Waals surface area contributed by atoms with Gasteiger partial charge in [0.2, 0.25) is 10.0 Å². The fourth-order valence-corrected chi connectivity index (χ4v) is 2.89. The van der Waals surface area contributed by atoms with Crippen molar-refractivity contribution in [1.82, 2.24) is 10.1 Å². The molecule has 0 fully saturated rings. The molecule has 126 valence electrons. The van der Waals surface area contributed by atoms with E-state index < -0.39 is 15.9 Å². The second-order valence-electron chi connectivity index (χ2n) is 5.24. The van der Waals surface area contributed by atoms with Crippen LogP contribution >= 0.6 is 0 Å². The van der Waals surface area contributed by atoms with Gasteiger partial charge in [0, 0.05) is 0 Å². The number of carbonyl (C=O) groups excluding carboxylic acids is 1. The Labute approximate surface area is 141 Å². The summed E-state index contributed by atoms with van der Waals surface area (Å²) in [5, 5.41) is 3.98. The minimum absolute atomic E-state index is 0.108. The number of hydrogen-bond acceptors (Lipinski definition) is 4. The maximum absolute atomic E-state index is 12.0. The average molecular weight is 345 g/mol. The van der Waals surface area contributed by atoms with Crippen molar-refractivity contribution in [3.63, 3.8) is 0 Å². The Morgan fingerprint density at radius 1 is 1.04 bits per heavy atom. The van der Waals surface area contributed by atoms with Crippen LogP contribution in [0.1, 0.15) is 18.1 Å². The highest BCUT2D eigenvalue weighted by molar-refractivity contribution is 7.89. The predicted molar refractivity (Wildman–Crippen MR) is 93.2 cm³/mol. The van der Waals surface area contributed by atoms with E-state index in [1.165, 1.54) is 12.1 Å². The molecule has 0 radical (unpaired) electrons. The largest absolute Gasteiger partial charge is 0.272 e. The van der Waals surface area contributed by atoms with Crippen molar-refractivity contribution in [3.05, 3.63) is 65.7 Å². The molecular formula is C17H19N3O3S. The zero-order valence-electron chi connectivity index (χ0n) is 13.5. The lowest BCUT2D eigenvalue weighted by atomic mass is 10.1. The van der Waals surface area contributed by atoms with Gasteiger partial charge in [-0.1, -0.05) is 48.0 Å². The van der Waals surface area contributed by atoms with E-state index in [-0.39, 0.29) is 11.4 Å². The summed E-state index contributed by atoms with van der Waals surface area (Å²) in [7, 11) is -3.71. The van der Waals surface area contributed by atoms with E-state index in [1.807, 2.05) is 31.2 Å². The van der Waals surface area contributed by atoms with Crippen molar-refractivity contribution in [1.29, 1.82) is 0 Å². The van der Waals surface area contributed by atoms with Gasteiger partial charge in [-0.2, -0.15) is 5.10 Å². The van der Waals surface area contributed by atoms with Crippen LogP contribution in [0.2, 0.25) is 0 Å². The van der Waals surface area contributed by atoms with E-state index in [0.717, 1.165) is 11.1 Å². The summed E-state index contributed by atoms with van der Waals surface area (Å²) >= 11 is 0. The van der Waals surface area contributed by atoms with Crippen molar-refractivity contribution in [2.75, 3.05) is 6.54 Å². The van der Waals surface area contributed by atoms with Gasteiger partial charge in [-0.25, -0.2) is 18.6 Å². The van der Waals surface area contributed by atoms with Crippen molar-refractivity contribution < 1.29 is 13.2 Å². The van der Waals surface area contributed by atoms with Gasteiger partial charge in [0.1, 0.15) is 0 Å². The molecule has 0 saturated carbocycles. The fourth-order valence-electron chi connectivity index (χ4n) is 1.89. The number of sulfonamides is 1. The molecule has 0 aliphatic carbocycles. The average Bonchev–Trinajstić information content (AvgIpc) is 2.59. The number of carbonyl (C=O) groups is 1. The van der Waals surface area contributed by atoms with Gasteiger partial charge in [-0.3, -0.25) is 4.79 Å². The van der Waals surface area contributed by atoms with Crippen molar-refractivity contribution in [2.45, 2.75) is 18.7 Å². The number of nitrogens with zero attached hydrogens (tertiary/aromatic N) is 1. The molecule has 7 heteroatoms. The third-order valence-electron chi connectivity index (χ3n) is 3.29. The molecule has 2 aromatic rings. The topological polar surface area (TPSA) is 87.6 Å². The molecule has 2 rings (SSSR count). The Morgan fingerprint density at radius 2 is 1.67 bits per heavy atom. The number of aryl methyl sites for hydroxylation is 1. The molecule has 0 spiro atoms. The monoisotopic (exact) mass is 345 g/mol. The first-order valence-electron chi connectivity index (χ1n) is 7.33. The summed E-state index contributed by atoms with van der Waals surface area (Å²) in [4.78, 5) is 11.9. The maximum atomic E-state index is 12.0. The second kappa shape index (κ2) is 7.85. The lowest BCUT2D eigenvalue weighted by molar-refractivity contribution is -0.119. The molecule has 0 aromatic heterocycles. The number of rotatable bonds is 6. The number of benzene rings is 2. The summed E-state index contributed by atoms with van der Waals surface area (Å²) < 4.78 is 26.2. The minimum atomic E-state index is -3.71. The Balaban J connectivity index is 1.91. The lowest BCUT2D eigenvalue weighted by Gasteiger charge is -2.06. The third kappa shape index (κ3) is 5.00. The van der Waals surface area contributed by atoms with E-state index in [4.69, 9.17) is 0 Å².